The number of ether oxygens (including phenoxy) is 1. The molecule has 23 heavy (non-hydrogen) atoms. The number of anilines is 1. The normalized spacial score (nSPS) is 20.8. The zero-order valence-corrected chi connectivity index (χ0v) is 14.2. The first-order valence-corrected chi connectivity index (χ1v) is 9.18. The summed E-state index contributed by atoms with van der Waals surface area (Å²) in [5.41, 5.74) is 3.92. The maximum atomic E-state index is 14.5. The van der Waals surface area contributed by atoms with Gasteiger partial charge in [-0.1, -0.05) is 6.07 Å². The first-order chi connectivity index (χ1) is 11.2. The highest BCUT2D eigenvalue weighted by Gasteiger charge is 2.24. The Labute approximate surface area is 140 Å². The van der Waals surface area contributed by atoms with Crippen molar-refractivity contribution in [2.24, 2.45) is 0 Å². The highest BCUT2D eigenvalue weighted by Crippen LogP contribution is 2.34. The zero-order chi connectivity index (χ0) is 15.8. The second-order valence-electron chi connectivity index (χ2n) is 6.46. The second kappa shape index (κ2) is 6.21. The molecule has 0 saturated carbocycles. The molecule has 1 atom stereocenters. The van der Waals surface area contributed by atoms with E-state index in [9.17, 15) is 4.39 Å². The maximum Gasteiger partial charge on any atom is 0.147 e. The van der Waals surface area contributed by atoms with Gasteiger partial charge >= 0.3 is 0 Å². The molecule has 0 amide bonds. The number of benzene rings is 1. The predicted octanol–water partition coefficient (Wildman–Crippen LogP) is 4.39. The van der Waals surface area contributed by atoms with Crippen molar-refractivity contribution in [3.8, 4) is 0 Å². The number of aromatic nitrogens is 1. The number of fused-ring (bicyclic) bond motifs is 1. The molecule has 0 radical (unpaired) electrons. The van der Waals surface area contributed by atoms with E-state index in [0.29, 0.717) is 6.54 Å². The van der Waals surface area contributed by atoms with Gasteiger partial charge in [0.25, 0.3) is 0 Å². The molecular formula is C18H21FN2OS. The van der Waals surface area contributed by atoms with Crippen LogP contribution in [0.4, 0.5) is 10.1 Å². The van der Waals surface area contributed by atoms with Gasteiger partial charge in [0.15, 0.2) is 0 Å². The number of halogens is 1. The summed E-state index contributed by atoms with van der Waals surface area (Å²) in [5.74, 6) is -0.103. The molecule has 3 heterocycles. The van der Waals surface area contributed by atoms with Gasteiger partial charge in [-0.15, -0.1) is 11.3 Å². The van der Waals surface area contributed by atoms with Gasteiger partial charge in [0.05, 0.1) is 17.9 Å². The van der Waals surface area contributed by atoms with Crippen LogP contribution in [0.5, 0.6) is 0 Å². The molecule has 0 N–H and O–H groups in total. The van der Waals surface area contributed by atoms with Crippen molar-refractivity contribution in [3.63, 3.8) is 0 Å². The topological polar surface area (TPSA) is 25.4 Å². The average Bonchev–Trinajstić information content (AvgIpc) is 3.17. The molecule has 2 aromatic rings. The minimum Gasteiger partial charge on any atom is -0.371 e. The van der Waals surface area contributed by atoms with Crippen LogP contribution < -0.4 is 4.90 Å². The standard InChI is InChI=1S/C18H21FN2OS/c1-12-8-13-4-2-6-21(17(13)15(19)9-12)10-14-11-23-18(20-14)16-5-3-7-22-16/h8-9,11,16H,2-7,10H2,1H3/t16-/m0/s1. The highest BCUT2D eigenvalue weighted by atomic mass is 32.1. The Kier molecular flexibility index (Phi) is 4.07. The van der Waals surface area contributed by atoms with Gasteiger partial charge in [0, 0.05) is 18.5 Å². The number of aryl methyl sites for hydroxylation is 2. The van der Waals surface area contributed by atoms with Gasteiger partial charge in [-0.3, -0.25) is 0 Å². The third-order valence-electron chi connectivity index (χ3n) is 4.60. The van der Waals surface area contributed by atoms with E-state index in [0.717, 1.165) is 66.4 Å². The lowest BCUT2D eigenvalue weighted by molar-refractivity contribution is 0.111. The van der Waals surface area contributed by atoms with Crippen LogP contribution in [0, 0.1) is 12.7 Å². The van der Waals surface area contributed by atoms with E-state index in [-0.39, 0.29) is 11.9 Å². The van der Waals surface area contributed by atoms with Crippen LogP contribution in [-0.2, 0) is 17.7 Å². The first kappa shape index (κ1) is 15.1. The van der Waals surface area contributed by atoms with Gasteiger partial charge in [0.2, 0.25) is 0 Å². The Hall–Kier alpha value is -1.46. The molecule has 1 fully saturated rings. The quantitative estimate of drug-likeness (QED) is 0.833. The second-order valence-corrected chi connectivity index (χ2v) is 7.35. The minimum absolute atomic E-state index is 0.103. The largest absolute Gasteiger partial charge is 0.371 e. The lowest BCUT2D eigenvalue weighted by Crippen LogP contribution is -2.30. The van der Waals surface area contributed by atoms with Crippen molar-refractivity contribution in [2.45, 2.75) is 45.3 Å². The van der Waals surface area contributed by atoms with Crippen LogP contribution in [0.3, 0.4) is 0 Å². The van der Waals surface area contributed by atoms with Crippen molar-refractivity contribution < 1.29 is 9.13 Å². The van der Waals surface area contributed by atoms with Crippen molar-refractivity contribution in [1.82, 2.24) is 4.98 Å². The smallest absolute Gasteiger partial charge is 0.147 e. The molecule has 0 unspecified atom stereocenters. The van der Waals surface area contributed by atoms with Crippen LogP contribution >= 0.6 is 11.3 Å². The fourth-order valence-electron chi connectivity index (χ4n) is 3.59. The predicted molar refractivity (Wildman–Crippen MR) is 90.5 cm³/mol. The highest BCUT2D eigenvalue weighted by molar-refractivity contribution is 7.09. The molecule has 1 saturated heterocycles. The molecule has 5 heteroatoms. The van der Waals surface area contributed by atoms with Crippen molar-refractivity contribution in [3.05, 3.63) is 45.2 Å². The monoisotopic (exact) mass is 332 g/mol. The summed E-state index contributed by atoms with van der Waals surface area (Å²) < 4.78 is 20.2. The molecule has 2 aliphatic heterocycles. The van der Waals surface area contributed by atoms with E-state index in [4.69, 9.17) is 9.72 Å². The summed E-state index contributed by atoms with van der Waals surface area (Å²) in [6, 6.07) is 3.75. The van der Waals surface area contributed by atoms with Crippen molar-refractivity contribution >= 4 is 17.0 Å². The third-order valence-corrected chi connectivity index (χ3v) is 5.59. The molecule has 4 rings (SSSR count). The summed E-state index contributed by atoms with van der Waals surface area (Å²) in [6.07, 6.45) is 4.37. The van der Waals surface area contributed by atoms with Gasteiger partial charge in [-0.05, 0) is 49.8 Å². The van der Waals surface area contributed by atoms with E-state index < -0.39 is 0 Å². The Morgan fingerprint density at radius 3 is 3.13 bits per heavy atom. The summed E-state index contributed by atoms with van der Waals surface area (Å²) in [7, 11) is 0. The molecule has 122 valence electrons. The first-order valence-electron chi connectivity index (χ1n) is 8.30. The number of hydrogen-bond donors (Lipinski definition) is 0. The van der Waals surface area contributed by atoms with Crippen LogP contribution in [0.15, 0.2) is 17.5 Å². The maximum absolute atomic E-state index is 14.5. The number of thiazole rings is 1. The Morgan fingerprint density at radius 2 is 2.30 bits per heavy atom. The summed E-state index contributed by atoms with van der Waals surface area (Å²) in [6.45, 7) is 4.36. The molecule has 0 aliphatic carbocycles. The number of nitrogens with zero attached hydrogens (tertiary/aromatic N) is 2. The van der Waals surface area contributed by atoms with Crippen LogP contribution in [0.1, 0.15) is 47.2 Å². The van der Waals surface area contributed by atoms with E-state index >= 15 is 0 Å². The molecule has 2 aliphatic rings. The SMILES string of the molecule is Cc1cc(F)c2c(c1)CCCN2Cc1csc([C@@H]2CCCO2)n1. The minimum atomic E-state index is -0.103. The zero-order valence-electron chi connectivity index (χ0n) is 13.3. The van der Waals surface area contributed by atoms with Gasteiger partial charge in [0.1, 0.15) is 16.9 Å². The summed E-state index contributed by atoms with van der Waals surface area (Å²) in [5, 5.41) is 3.16. The molecule has 1 aromatic carbocycles. The number of hydrogen-bond acceptors (Lipinski definition) is 4. The van der Waals surface area contributed by atoms with Crippen LogP contribution in [0.25, 0.3) is 0 Å². The van der Waals surface area contributed by atoms with Crippen molar-refractivity contribution in [2.75, 3.05) is 18.1 Å². The molecule has 1 aromatic heterocycles. The summed E-state index contributed by atoms with van der Waals surface area (Å²) >= 11 is 1.67. The van der Waals surface area contributed by atoms with E-state index in [2.05, 4.69) is 16.3 Å². The van der Waals surface area contributed by atoms with Gasteiger partial charge in [-0.2, -0.15) is 0 Å². The average molecular weight is 332 g/mol. The molecular weight excluding hydrogens is 311 g/mol. The van der Waals surface area contributed by atoms with E-state index in [1.54, 1.807) is 17.4 Å². The van der Waals surface area contributed by atoms with E-state index in [1.807, 2.05) is 6.92 Å². The van der Waals surface area contributed by atoms with Crippen LogP contribution in [0.2, 0.25) is 0 Å². The van der Waals surface area contributed by atoms with Crippen molar-refractivity contribution in [1.29, 1.82) is 0 Å². The fraction of sp³-hybridized carbons (Fsp3) is 0.500. The summed E-state index contributed by atoms with van der Waals surface area (Å²) in [4.78, 5) is 6.88. The van der Waals surface area contributed by atoms with Gasteiger partial charge < -0.3 is 9.64 Å². The lowest BCUT2D eigenvalue weighted by Gasteiger charge is -2.31. The third kappa shape index (κ3) is 3.00. The lowest BCUT2D eigenvalue weighted by atomic mass is 9.99. The Morgan fingerprint density at radius 1 is 1.39 bits per heavy atom. The van der Waals surface area contributed by atoms with Gasteiger partial charge in [-0.25, -0.2) is 9.37 Å². The fourth-order valence-corrected chi connectivity index (χ4v) is 4.48. The van der Waals surface area contributed by atoms with Crippen LogP contribution in [-0.4, -0.2) is 18.1 Å². The Bertz CT molecular complexity index is 709. The molecule has 0 bridgehead atoms. The van der Waals surface area contributed by atoms with E-state index in [1.165, 1.54) is 0 Å². The Balaban J connectivity index is 1.56. The number of rotatable bonds is 3. The molecule has 3 nitrogen and oxygen atoms in total. The molecule has 0 spiro atoms.